The summed E-state index contributed by atoms with van der Waals surface area (Å²) in [6.45, 7) is 1.93. The molecule has 0 saturated heterocycles. The molecule has 1 aromatic heterocycles. The van der Waals surface area contributed by atoms with Gasteiger partial charge in [-0.3, -0.25) is 10.0 Å². The van der Waals surface area contributed by atoms with Gasteiger partial charge in [0.15, 0.2) is 0 Å². The Hall–Kier alpha value is -2.73. The zero-order chi connectivity index (χ0) is 18.3. The van der Waals surface area contributed by atoms with Crippen molar-refractivity contribution in [1.29, 1.82) is 0 Å². The highest BCUT2D eigenvalue weighted by atomic mass is 19.1. The summed E-state index contributed by atoms with van der Waals surface area (Å²) in [5, 5.41) is 13.4. The zero-order valence-electron chi connectivity index (χ0n) is 14.3. The maximum absolute atomic E-state index is 14.3. The topological polar surface area (TPSA) is 67.2 Å². The molecule has 4 atom stereocenters. The quantitative estimate of drug-likeness (QED) is 0.654. The monoisotopic (exact) mass is 353 g/mol. The molecule has 1 saturated carbocycles. The molecule has 0 aliphatic heterocycles. The fraction of sp³-hybridized carbons (Fsp3) is 0.300. The SMILES string of the molecule is Cc1ccn(-c2ccc([C@H]3[C@H](C(=O)NO)[C@@H]3C3CC=CC=C3F)cc2)n1. The Morgan fingerprint density at radius 1 is 1.31 bits per heavy atom. The summed E-state index contributed by atoms with van der Waals surface area (Å²) in [6, 6.07) is 9.72. The second kappa shape index (κ2) is 6.53. The number of nitrogens with zero attached hydrogens (tertiary/aromatic N) is 2. The molecule has 0 bridgehead atoms. The fourth-order valence-corrected chi connectivity index (χ4v) is 4.05. The van der Waals surface area contributed by atoms with Crippen LogP contribution in [0.25, 0.3) is 5.69 Å². The van der Waals surface area contributed by atoms with E-state index in [2.05, 4.69) is 5.10 Å². The van der Waals surface area contributed by atoms with Crippen molar-refractivity contribution in [2.45, 2.75) is 19.3 Å². The van der Waals surface area contributed by atoms with Crippen molar-refractivity contribution in [1.82, 2.24) is 15.3 Å². The Kier molecular flexibility index (Phi) is 4.20. The number of hydrogen-bond acceptors (Lipinski definition) is 3. The average Bonchev–Trinajstić information content (AvgIpc) is 3.25. The van der Waals surface area contributed by atoms with E-state index in [4.69, 9.17) is 5.21 Å². The van der Waals surface area contributed by atoms with Crippen molar-refractivity contribution in [2.75, 3.05) is 0 Å². The van der Waals surface area contributed by atoms with E-state index in [-0.39, 0.29) is 23.6 Å². The summed E-state index contributed by atoms with van der Waals surface area (Å²) in [4.78, 5) is 12.1. The van der Waals surface area contributed by atoms with Crippen LogP contribution in [0.3, 0.4) is 0 Å². The van der Waals surface area contributed by atoms with Crippen LogP contribution in [-0.2, 0) is 4.79 Å². The molecule has 1 amide bonds. The first kappa shape index (κ1) is 16.7. The van der Waals surface area contributed by atoms with Gasteiger partial charge < -0.3 is 0 Å². The minimum Gasteiger partial charge on any atom is -0.289 e. The van der Waals surface area contributed by atoms with Gasteiger partial charge in [0.2, 0.25) is 5.91 Å². The summed E-state index contributed by atoms with van der Waals surface area (Å²) in [7, 11) is 0. The van der Waals surface area contributed by atoms with Crippen LogP contribution >= 0.6 is 0 Å². The number of benzene rings is 1. The van der Waals surface area contributed by atoms with E-state index in [0.717, 1.165) is 16.9 Å². The smallest absolute Gasteiger partial charge is 0.247 e. The van der Waals surface area contributed by atoms with Crippen molar-refractivity contribution >= 4 is 5.91 Å². The van der Waals surface area contributed by atoms with Gasteiger partial charge in [0, 0.05) is 18.0 Å². The highest BCUT2D eigenvalue weighted by Crippen LogP contribution is 2.60. The first-order valence-corrected chi connectivity index (χ1v) is 8.69. The molecule has 0 spiro atoms. The van der Waals surface area contributed by atoms with Gasteiger partial charge in [0.05, 0.1) is 17.3 Å². The number of nitrogens with one attached hydrogen (secondary N) is 1. The van der Waals surface area contributed by atoms with Crippen molar-refractivity contribution in [3.8, 4) is 5.69 Å². The van der Waals surface area contributed by atoms with E-state index in [1.165, 1.54) is 6.08 Å². The average molecular weight is 353 g/mol. The standard InChI is InChI=1S/C20H20FN3O2/c1-12-10-11-24(22-12)14-8-6-13(7-9-14)17-18(19(17)20(25)23-26)15-4-2-3-5-16(15)21/h2-3,5-11,15,17-19,26H,4H2,1H3,(H,23,25)/t15?,17-,18-,19+/m1/s1. The highest BCUT2D eigenvalue weighted by Gasteiger charge is 2.59. The zero-order valence-corrected chi connectivity index (χ0v) is 14.3. The molecule has 2 aliphatic rings. The number of amides is 1. The fourth-order valence-electron chi connectivity index (χ4n) is 4.05. The second-order valence-corrected chi connectivity index (χ2v) is 6.92. The van der Waals surface area contributed by atoms with Crippen LogP contribution < -0.4 is 5.48 Å². The number of hydroxylamine groups is 1. The van der Waals surface area contributed by atoms with Crippen molar-refractivity contribution in [3.63, 3.8) is 0 Å². The number of aromatic nitrogens is 2. The Balaban J connectivity index is 1.59. The van der Waals surface area contributed by atoms with Gasteiger partial charge in [-0.15, -0.1) is 0 Å². The molecular weight excluding hydrogens is 333 g/mol. The predicted molar refractivity (Wildman–Crippen MR) is 94.4 cm³/mol. The second-order valence-electron chi connectivity index (χ2n) is 6.92. The number of hydrogen-bond donors (Lipinski definition) is 2. The van der Waals surface area contributed by atoms with Crippen molar-refractivity contribution in [3.05, 3.63) is 71.8 Å². The molecular formula is C20H20FN3O2. The van der Waals surface area contributed by atoms with Crippen LogP contribution in [0.5, 0.6) is 0 Å². The lowest BCUT2D eigenvalue weighted by Gasteiger charge is -2.16. The van der Waals surface area contributed by atoms with E-state index in [1.807, 2.05) is 49.5 Å². The highest BCUT2D eigenvalue weighted by molar-refractivity contribution is 5.83. The van der Waals surface area contributed by atoms with Crippen molar-refractivity contribution in [2.24, 2.45) is 17.8 Å². The first-order chi connectivity index (χ1) is 12.6. The van der Waals surface area contributed by atoms with Gasteiger partial charge in [-0.05, 0) is 49.1 Å². The summed E-state index contributed by atoms with van der Waals surface area (Å²) in [5.41, 5.74) is 4.57. The molecule has 4 rings (SSSR count). The van der Waals surface area contributed by atoms with Gasteiger partial charge in [0.1, 0.15) is 5.83 Å². The number of aryl methyl sites for hydroxylation is 1. The summed E-state index contributed by atoms with van der Waals surface area (Å²) in [6.07, 6.45) is 7.54. The molecule has 0 radical (unpaired) electrons. The van der Waals surface area contributed by atoms with Crippen LogP contribution in [0, 0.1) is 24.7 Å². The first-order valence-electron chi connectivity index (χ1n) is 8.69. The van der Waals surface area contributed by atoms with Crippen LogP contribution in [-0.4, -0.2) is 20.9 Å². The molecule has 1 aromatic carbocycles. The number of carbonyl (C=O) groups is 1. The third-order valence-electron chi connectivity index (χ3n) is 5.35. The summed E-state index contributed by atoms with van der Waals surface area (Å²) >= 11 is 0. The molecule has 1 heterocycles. The van der Waals surface area contributed by atoms with Gasteiger partial charge in [-0.1, -0.05) is 24.3 Å². The van der Waals surface area contributed by atoms with Crippen molar-refractivity contribution < 1.29 is 14.4 Å². The molecule has 5 nitrogen and oxygen atoms in total. The number of halogens is 1. The lowest BCUT2D eigenvalue weighted by atomic mass is 9.91. The third-order valence-corrected chi connectivity index (χ3v) is 5.35. The summed E-state index contributed by atoms with van der Waals surface area (Å²) in [5.74, 6) is -1.64. The van der Waals surface area contributed by atoms with E-state index >= 15 is 0 Å². The Labute approximate surface area is 150 Å². The lowest BCUT2D eigenvalue weighted by molar-refractivity contribution is -0.131. The van der Waals surface area contributed by atoms with Crippen LogP contribution in [0.2, 0.25) is 0 Å². The van der Waals surface area contributed by atoms with Crippen LogP contribution in [0.4, 0.5) is 4.39 Å². The van der Waals surface area contributed by atoms with Gasteiger partial charge >= 0.3 is 0 Å². The van der Waals surface area contributed by atoms with Gasteiger partial charge in [-0.25, -0.2) is 14.6 Å². The molecule has 2 N–H and O–H groups in total. The largest absolute Gasteiger partial charge is 0.289 e. The van der Waals surface area contributed by atoms with Gasteiger partial charge in [0.25, 0.3) is 0 Å². The lowest BCUT2D eigenvalue weighted by Crippen LogP contribution is -2.23. The number of allylic oxidation sites excluding steroid dienone is 4. The molecule has 2 aliphatic carbocycles. The van der Waals surface area contributed by atoms with Crippen LogP contribution in [0.1, 0.15) is 23.6 Å². The minimum absolute atomic E-state index is 0.105. The van der Waals surface area contributed by atoms with E-state index in [9.17, 15) is 9.18 Å². The molecule has 26 heavy (non-hydrogen) atoms. The normalized spacial score (nSPS) is 27.1. The molecule has 1 fully saturated rings. The Bertz CT molecular complexity index is 885. The molecule has 2 aromatic rings. The van der Waals surface area contributed by atoms with Gasteiger partial charge in [-0.2, -0.15) is 5.10 Å². The molecule has 1 unspecified atom stereocenters. The van der Waals surface area contributed by atoms with Crippen LogP contribution in [0.15, 0.2) is 60.6 Å². The number of rotatable bonds is 4. The summed E-state index contributed by atoms with van der Waals surface area (Å²) < 4.78 is 16.0. The van der Waals surface area contributed by atoms with E-state index in [1.54, 1.807) is 16.2 Å². The van der Waals surface area contributed by atoms with E-state index in [0.29, 0.717) is 6.42 Å². The maximum atomic E-state index is 14.3. The Morgan fingerprint density at radius 3 is 2.69 bits per heavy atom. The predicted octanol–water partition coefficient (Wildman–Crippen LogP) is 3.45. The van der Waals surface area contributed by atoms with E-state index < -0.39 is 11.8 Å². The Morgan fingerprint density at radius 2 is 2.08 bits per heavy atom. The maximum Gasteiger partial charge on any atom is 0.247 e. The third kappa shape index (κ3) is 2.86. The molecule has 134 valence electrons. The number of carbonyl (C=O) groups excluding carboxylic acids is 1. The molecule has 6 heteroatoms. The minimum atomic E-state index is -0.450.